The van der Waals surface area contributed by atoms with Crippen LogP contribution in [-0.2, 0) is 20.1 Å². The summed E-state index contributed by atoms with van der Waals surface area (Å²) >= 11 is 3.70. The molecule has 1 N–H and O–H groups in total. The Kier molecular flexibility index (Phi) is 4.31. The fraction of sp³-hybridized carbons (Fsp3) is 0.438. The van der Waals surface area contributed by atoms with Crippen LogP contribution in [0.5, 0.6) is 0 Å². The molecule has 1 saturated carbocycles. The summed E-state index contributed by atoms with van der Waals surface area (Å²) in [6, 6.07) is 7.35. The largest absolute Gasteiger partial charge is 0.369 e. The quantitative estimate of drug-likeness (QED) is 0.870. The van der Waals surface area contributed by atoms with Gasteiger partial charge in [0, 0.05) is 49.5 Å². The molecule has 0 radical (unpaired) electrons. The van der Waals surface area contributed by atoms with E-state index < -0.39 is 0 Å². The van der Waals surface area contributed by atoms with E-state index in [0.29, 0.717) is 0 Å². The highest BCUT2D eigenvalue weighted by molar-refractivity contribution is 9.10. The summed E-state index contributed by atoms with van der Waals surface area (Å²) in [5.41, 5.74) is 3.74. The molecule has 21 heavy (non-hydrogen) atoms. The van der Waals surface area contributed by atoms with E-state index in [1.54, 1.807) is 0 Å². The van der Waals surface area contributed by atoms with Crippen molar-refractivity contribution in [2.45, 2.75) is 32.0 Å². The van der Waals surface area contributed by atoms with E-state index in [0.717, 1.165) is 23.6 Å². The first-order valence-electron chi connectivity index (χ1n) is 7.32. The summed E-state index contributed by atoms with van der Waals surface area (Å²) in [5, 5.41) is 7.76. The third-order valence-electron chi connectivity index (χ3n) is 3.77. The Bertz CT molecular complexity index is 618. The number of hydrogen-bond acceptors (Lipinski definition) is 3. The number of nitrogens with zero attached hydrogens (tertiary/aromatic N) is 3. The molecule has 1 aliphatic carbocycles. The fourth-order valence-electron chi connectivity index (χ4n) is 2.43. The molecule has 0 bridgehead atoms. The van der Waals surface area contributed by atoms with Crippen LogP contribution in [-0.4, -0.2) is 22.9 Å². The second kappa shape index (κ2) is 6.20. The molecule has 1 fully saturated rings. The topological polar surface area (TPSA) is 33.1 Å². The highest BCUT2D eigenvalue weighted by Gasteiger charge is 2.20. The summed E-state index contributed by atoms with van der Waals surface area (Å²) in [6.45, 7) is 1.81. The minimum atomic E-state index is 0.747. The Hall–Kier alpha value is -1.33. The van der Waals surface area contributed by atoms with Crippen LogP contribution >= 0.6 is 15.9 Å². The number of aromatic nitrogens is 2. The highest BCUT2D eigenvalue weighted by Crippen LogP contribution is 2.28. The lowest BCUT2D eigenvalue weighted by molar-refractivity contribution is 0.687. The van der Waals surface area contributed by atoms with Crippen molar-refractivity contribution in [3.8, 4) is 0 Å². The van der Waals surface area contributed by atoms with Crippen molar-refractivity contribution in [1.29, 1.82) is 0 Å². The maximum absolute atomic E-state index is 4.22. The van der Waals surface area contributed by atoms with Crippen LogP contribution in [0.15, 0.2) is 35.1 Å². The number of anilines is 1. The molecule has 112 valence electrons. The summed E-state index contributed by atoms with van der Waals surface area (Å²) in [7, 11) is 4.05. The number of halogens is 1. The summed E-state index contributed by atoms with van der Waals surface area (Å²) < 4.78 is 2.98. The Morgan fingerprint density at radius 1 is 1.38 bits per heavy atom. The molecule has 3 rings (SSSR count). The van der Waals surface area contributed by atoms with Crippen molar-refractivity contribution in [3.63, 3.8) is 0 Å². The van der Waals surface area contributed by atoms with Crippen molar-refractivity contribution in [1.82, 2.24) is 15.1 Å². The van der Waals surface area contributed by atoms with Gasteiger partial charge in [-0.3, -0.25) is 4.68 Å². The molecule has 4 nitrogen and oxygen atoms in total. The maximum Gasteiger partial charge on any atom is 0.0539 e. The molecule has 0 amide bonds. The van der Waals surface area contributed by atoms with Crippen molar-refractivity contribution in [2.75, 3.05) is 11.9 Å². The Balaban J connectivity index is 1.65. The van der Waals surface area contributed by atoms with Crippen LogP contribution in [0.2, 0.25) is 0 Å². The first-order chi connectivity index (χ1) is 10.1. The van der Waals surface area contributed by atoms with Crippen molar-refractivity contribution >= 4 is 21.6 Å². The second-order valence-electron chi connectivity index (χ2n) is 5.82. The van der Waals surface area contributed by atoms with Gasteiger partial charge in [-0.25, -0.2) is 0 Å². The van der Waals surface area contributed by atoms with Crippen LogP contribution in [0.1, 0.15) is 24.0 Å². The standard InChI is InChI=1S/C16H21BrN4/c1-20(10-13-9-19-21(2)11-13)16-6-3-12(7-15(16)17)8-18-14-4-5-14/h3,6-7,9,11,14,18H,4-5,8,10H2,1-2H3. The average molecular weight is 349 g/mol. The molecule has 0 unspecified atom stereocenters. The molecular weight excluding hydrogens is 328 g/mol. The first kappa shape index (κ1) is 14.6. The van der Waals surface area contributed by atoms with E-state index in [9.17, 15) is 0 Å². The van der Waals surface area contributed by atoms with Gasteiger partial charge in [-0.1, -0.05) is 6.07 Å². The molecule has 5 heteroatoms. The molecule has 0 saturated heterocycles. The van der Waals surface area contributed by atoms with E-state index in [-0.39, 0.29) is 0 Å². The van der Waals surface area contributed by atoms with Crippen LogP contribution in [0.3, 0.4) is 0 Å². The normalized spacial score (nSPS) is 14.4. The lowest BCUT2D eigenvalue weighted by Gasteiger charge is -2.20. The monoisotopic (exact) mass is 348 g/mol. The predicted molar refractivity (Wildman–Crippen MR) is 89.3 cm³/mol. The van der Waals surface area contributed by atoms with E-state index in [1.807, 2.05) is 17.9 Å². The molecular formula is C16H21BrN4. The van der Waals surface area contributed by atoms with Gasteiger partial charge in [0.15, 0.2) is 0 Å². The zero-order chi connectivity index (χ0) is 14.8. The molecule has 1 heterocycles. The van der Waals surface area contributed by atoms with Crippen LogP contribution in [0.25, 0.3) is 0 Å². The Morgan fingerprint density at radius 2 is 2.19 bits per heavy atom. The van der Waals surface area contributed by atoms with Gasteiger partial charge in [-0.05, 0) is 46.5 Å². The van der Waals surface area contributed by atoms with Crippen LogP contribution < -0.4 is 10.2 Å². The molecule has 0 aliphatic heterocycles. The third-order valence-corrected chi connectivity index (χ3v) is 4.41. The SMILES string of the molecule is CN(Cc1cnn(C)c1)c1ccc(CNC2CC2)cc1Br. The van der Waals surface area contributed by atoms with Gasteiger partial charge in [-0.2, -0.15) is 5.10 Å². The Labute approximate surface area is 134 Å². The summed E-state index contributed by atoms with van der Waals surface area (Å²) in [6.07, 6.45) is 6.62. The van der Waals surface area contributed by atoms with Crippen LogP contribution in [0, 0.1) is 0 Å². The predicted octanol–water partition coefficient (Wildman–Crippen LogP) is 3.07. The number of benzene rings is 1. The zero-order valence-electron chi connectivity index (χ0n) is 12.5. The minimum absolute atomic E-state index is 0.747. The van der Waals surface area contributed by atoms with Gasteiger partial charge in [0.1, 0.15) is 0 Å². The number of aryl methyl sites for hydroxylation is 1. The molecule has 1 aromatic carbocycles. The molecule has 0 spiro atoms. The number of hydrogen-bond donors (Lipinski definition) is 1. The zero-order valence-corrected chi connectivity index (χ0v) is 14.1. The average Bonchev–Trinajstić information content (AvgIpc) is 3.19. The number of rotatable bonds is 6. The van der Waals surface area contributed by atoms with Crippen LogP contribution in [0.4, 0.5) is 5.69 Å². The second-order valence-corrected chi connectivity index (χ2v) is 6.67. The lowest BCUT2D eigenvalue weighted by Crippen LogP contribution is -2.18. The van der Waals surface area contributed by atoms with E-state index in [1.165, 1.54) is 29.7 Å². The maximum atomic E-state index is 4.22. The fourth-order valence-corrected chi connectivity index (χ4v) is 3.16. The minimum Gasteiger partial charge on any atom is -0.369 e. The third kappa shape index (κ3) is 3.86. The lowest BCUT2D eigenvalue weighted by atomic mass is 10.2. The highest BCUT2D eigenvalue weighted by atomic mass is 79.9. The summed E-state index contributed by atoms with van der Waals surface area (Å²) in [4.78, 5) is 2.24. The summed E-state index contributed by atoms with van der Waals surface area (Å²) in [5.74, 6) is 0. The van der Waals surface area contributed by atoms with Crippen molar-refractivity contribution in [3.05, 3.63) is 46.2 Å². The Morgan fingerprint density at radius 3 is 2.81 bits per heavy atom. The van der Waals surface area contributed by atoms with Gasteiger partial charge in [0.05, 0.1) is 11.9 Å². The molecule has 0 atom stereocenters. The van der Waals surface area contributed by atoms with Gasteiger partial charge in [-0.15, -0.1) is 0 Å². The van der Waals surface area contributed by atoms with Gasteiger partial charge >= 0.3 is 0 Å². The first-order valence-corrected chi connectivity index (χ1v) is 8.11. The van der Waals surface area contributed by atoms with Gasteiger partial charge < -0.3 is 10.2 Å². The van der Waals surface area contributed by atoms with E-state index >= 15 is 0 Å². The van der Waals surface area contributed by atoms with E-state index in [4.69, 9.17) is 0 Å². The van der Waals surface area contributed by atoms with Crippen molar-refractivity contribution in [2.24, 2.45) is 7.05 Å². The smallest absolute Gasteiger partial charge is 0.0539 e. The van der Waals surface area contributed by atoms with E-state index in [2.05, 4.69) is 62.7 Å². The number of nitrogens with one attached hydrogen (secondary N) is 1. The molecule has 1 aliphatic rings. The molecule has 1 aromatic heterocycles. The molecule has 2 aromatic rings. The van der Waals surface area contributed by atoms with Gasteiger partial charge in [0.2, 0.25) is 0 Å². The van der Waals surface area contributed by atoms with Crippen molar-refractivity contribution < 1.29 is 0 Å². The van der Waals surface area contributed by atoms with Gasteiger partial charge in [0.25, 0.3) is 0 Å².